The first kappa shape index (κ1) is 34.7. The van der Waals surface area contributed by atoms with Crippen LogP contribution >= 0.6 is 23.2 Å². The highest BCUT2D eigenvalue weighted by Crippen LogP contribution is 2.33. The fraction of sp³-hybridized carbons (Fsp3) is 0.394. The minimum Gasteiger partial charge on any atom is -0.390 e. The maximum Gasteiger partial charge on any atom is 0.251 e. The largest absolute Gasteiger partial charge is 0.390 e. The Hall–Kier alpha value is -3.15. The van der Waals surface area contributed by atoms with Crippen molar-refractivity contribution < 1.29 is 23.1 Å². The average molecular weight is 676 g/mol. The van der Waals surface area contributed by atoms with Crippen molar-refractivity contribution in [1.82, 2.24) is 16.0 Å². The number of benzene rings is 3. The molecule has 242 valence electrons. The molecule has 0 radical (unpaired) electrons. The molecule has 12 heteroatoms. The number of hydrogen-bond acceptors (Lipinski definition) is 6. The van der Waals surface area contributed by atoms with Gasteiger partial charge in [-0.1, -0.05) is 78.9 Å². The molecule has 1 saturated carbocycles. The van der Waals surface area contributed by atoms with Crippen molar-refractivity contribution in [3.05, 3.63) is 94.0 Å². The zero-order valence-corrected chi connectivity index (χ0v) is 27.7. The molecule has 0 aliphatic heterocycles. The Balaban J connectivity index is 1.50. The highest BCUT2D eigenvalue weighted by molar-refractivity contribution is 7.92. The van der Waals surface area contributed by atoms with Crippen molar-refractivity contribution in [1.29, 1.82) is 0 Å². The number of aliphatic hydroxyl groups excluding tert-OH is 1. The second kappa shape index (κ2) is 15.9. The van der Waals surface area contributed by atoms with Crippen LogP contribution in [0.25, 0.3) is 0 Å². The zero-order chi connectivity index (χ0) is 32.6. The highest BCUT2D eigenvalue weighted by atomic mass is 35.5. The van der Waals surface area contributed by atoms with Gasteiger partial charge in [-0.05, 0) is 68.1 Å². The van der Waals surface area contributed by atoms with Crippen molar-refractivity contribution in [3.8, 4) is 0 Å². The lowest BCUT2D eigenvalue weighted by Gasteiger charge is -2.28. The number of hydrogen-bond donors (Lipinski definition) is 4. The van der Waals surface area contributed by atoms with E-state index in [1.165, 1.54) is 30.7 Å². The molecular weight excluding hydrogens is 635 g/mol. The second-order valence-electron chi connectivity index (χ2n) is 11.5. The van der Waals surface area contributed by atoms with E-state index in [-0.39, 0.29) is 45.5 Å². The van der Waals surface area contributed by atoms with Crippen LogP contribution in [0.1, 0.15) is 54.9 Å². The molecule has 3 aromatic rings. The molecule has 2 amide bonds. The van der Waals surface area contributed by atoms with E-state index in [4.69, 9.17) is 23.2 Å². The van der Waals surface area contributed by atoms with Gasteiger partial charge in [0.2, 0.25) is 15.9 Å². The fourth-order valence-corrected chi connectivity index (χ4v) is 6.97. The second-order valence-corrected chi connectivity index (χ2v) is 14.2. The first-order valence-electron chi connectivity index (χ1n) is 15.0. The number of rotatable bonds is 13. The maximum atomic E-state index is 13.6. The minimum atomic E-state index is -3.85. The quantitative estimate of drug-likeness (QED) is 0.197. The predicted molar refractivity (Wildman–Crippen MR) is 180 cm³/mol. The first-order chi connectivity index (χ1) is 21.4. The van der Waals surface area contributed by atoms with Crippen molar-refractivity contribution in [3.63, 3.8) is 0 Å². The Morgan fingerprint density at radius 3 is 2.24 bits per heavy atom. The predicted octanol–water partition coefficient (Wildman–Crippen LogP) is 5.22. The van der Waals surface area contributed by atoms with Gasteiger partial charge in [0.05, 0.1) is 35.8 Å². The molecule has 0 saturated heterocycles. The van der Waals surface area contributed by atoms with E-state index in [0.717, 1.165) is 41.8 Å². The van der Waals surface area contributed by atoms with Gasteiger partial charge in [0.1, 0.15) is 0 Å². The topological polar surface area (TPSA) is 128 Å². The summed E-state index contributed by atoms with van der Waals surface area (Å²) in [5.41, 5.74) is 1.52. The fourth-order valence-electron chi connectivity index (χ4n) is 5.47. The van der Waals surface area contributed by atoms with Gasteiger partial charge in [-0.3, -0.25) is 9.59 Å². The molecule has 3 aromatic carbocycles. The van der Waals surface area contributed by atoms with Crippen LogP contribution in [0.2, 0.25) is 10.0 Å². The third-order valence-electron chi connectivity index (χ3n) is 7.81. The molecule has 0 aromatic heterocycles. The SMILES string of the molecule is C[C@H](NC[C@@H](O)[C@H](Cc1ccccc1)NC(=O)c1cccc(N(c2cc(Cl)cc(Cl)c2)S(C)(=O)=O)c1)C(=O)NC1CCCCC1. The molecule has 1 fully saturated rings. The molecule has 1 aliphatic rings. The Morgan fingerprint density at radius 1 is 0.933 bits per heavy atom. The van der Waals surface area contributed by atoms with Crippen LogP contribution in [-0.4, -0.2) is 62.4 Å². The number of amides is 2. The lowest BCUT2D eigenvalue weighted by Crippen LogP contribution is -2.53. The Bertz CT molecular complexity index is 1550. The molecule has 0 bridgehead atoms. The van der Waals surface area contributed by atoms with Crippen LogP contribution in [0.5, 0.6) is 0 Å². The summed E-state index contributed by atoms with van der Waals surface area (Å²) in [7, 11) is -3.85. The number of halogens is 2. The summed E-state index contributed by atoms with van der Waals surface area (Å²) in [6.07, 6.45) is 5.69. The van der Waals surface area contributed by atoms with Crippen molar-refractivity contribution in [2.24, 2.45) is 0 Å². The van der Waals surface area contributed by atoms with E-state index in [2.05, 4.69) is 16.0 Å². The van der Waals surface area contributed by atoms with Gasteiger partial charge < -0.3 is 21.1 Å². The minimum absolute atomic E-state index is 0.0639. The molecule has 4 rings (SSSR count). The van der Waals surface area contributed by atoms with Crippen molar-refractivity contribution in [2.75, 3.05) is 17.1 Å². The smallest absolute Gasteiger partial charge is 0.251 e. The molecule has 0 spiro atoms. The van der Waals surface area contributed by atoms with Gasteiger partial charge in [0, 0.05) is 28.2 Å². The third kappa shape index (κ3) is 10.2. The number of nitrogens with zero attached hydrogens (tertiary/aromatic N) is 1. The summed E-state index contributed by atoms with van der Waals surface area (Å²) in [5.74, 6) is -0.622. The van der Waals surface area contributed by atoms with Crippen LogP contribution in [-0.2, 0) is 21.2 Å². The number of anilines is 2. The van der Waals surface area contributed by atoms with Gasteiger partial charge in [-0.15, -0.1) is 0 Å². The summed E-state index contributed by atoms with van der Waals surface area (Å²) in [4.78, 5) is 26.3. The highest BCUT2D eigenvalue weighted by Gasteiger charge is 2.26. The van der Waals surface area contributed by atoms with E-state index >= 15 is 0 Å². The van der Waals surface area contributed by atoms with Crippen LogP contribution in [0.3, 0.4) is 0 Å². The number of carbonyl (C=O) groups excluding carboxylic acids is 2. The molecule has 0 heterocycles. The standard InChI is InChI=1S/C33H40Cl2N4O5S/c1-22(32(41)37-27-13-7-4-8-14-27)36-21-31(40)30(16-23-10-5-3-6-11-23)38-33(42)24-12-9-15-28(17-24)39(45(2,43)44)29-19-25(34)18-26(35)20-29/h3,5-6,9-12,15,17-20,22,27,30-31,36,40H,4,7-8,13-14,16,21H2,1-2H3,(H,37,41)(H,38,42)/t22-,30-,31+/m0/s1. The molecule has 45 heavy (non-hydrogen) atoms. The van der Waals surface area contributed by atoms with E-state index in [0.29, 0.717) is 6.42 Å². The average Bonchev–Trinajstić information content (AvgIpc) is 2.99. The van der Waals surface area contributed by atoms with Gasteiger partial charge in [0.25, 0.3) is 5.91 Å². The van der Waals surface area contributed by atoms with E-state index in [1.54, 1.807) is 25.1 Å². The number of carbonyl (C=O) groups is 2. The summed E-state index contributed by atoms with van der Waals surface area (Å²) >= 11 is 12.3. The molecule has 9 nitrogen and oxygen atoms in total. The molecule has 0 unspecified atom stereocenters. The van der Waals surface area contributed by atoms with E-state index < -0.39 is 34.1 Å². The van der Waals surface area contributed by atoms with Crippen LogP contribution < -0.4 is 20.3 Å². The van der Waals surface area contributed by atoms with Crippen LogP contribution in [0, 0.1) is 0 Å². The van der Waals surface area contributed by atoms with Crippen LogP contribution in [0.4, 0.5) is 11.4 Å². The molecule has 3 atom stereocenters. The lowest BCUT2D eigenvalue weighted by molar-refractivity contribution is -0.123. The van der Waals surface area contributed by atoms with E-state index in [9.17, 15) is 23.1 Å². The third-order valence-corrected chi connectivity index (χ3v) is 9.34. The number of nitrogens with one attached hydrogen (secondary N) is 3. The van der Waals surface area contributed by atoms with Gasteiger partial charge in [-0.2, -0.15) is 0 Å². The number of aliphatic hydroxyl groups is 1. The first-order valence-corrected chi connectivity index (χ1v) is 17.6. The summed E-state index contributed by atoms with van der Waals surface area (Å²) in [6, 6.07) is 18.9. The van der Waals surface area contributed by atoms with Crippen molar-refractivity contribution >= 4 is 56.4 Å². The number of sulfonamides is 1. The Labute approximate surface area is 275 Å². The van der Waals surface area contributed by atoms with Gasteiger partial charge in [0.15, 0.2) is 0 Å². The summed E-state index contributed by atoms with van der Waals surface area (Å²) in [5, 5.41) is 20.9. The van der Waals surface area contributed by atoms with Crippen molar-refractivity contribution in [2.45, 2.75) is 69.7 Å². The summed E-state index contributed by atoms with van der Waals surface area (Å²) < 4.78 is 26.8. The monoisotopic (exact) mass is 674 g/mol. The molecular formula is C33H40Cl2N4O5S. The molecule has 1 aliphatic carbocycles. The molecule has 4 N–H and O–H groups in total. The van der Waals surface area contributed by atoms with E-state index in [1.807, 2.05) is 30.3 Å². The zero-order valence-electron chi connectivity index (χ0n) is 25.4. The van der Waals surface area contributed by atoms with Gasteiger partial charge in [-0.25, -0.2) is 12.7 Å². The summed E-state index contributed by atoms with van der Waals surface area (Å²) in [6.45, 7) is 1.82. The normalized spacial score (nSPS) is 15.9. The van der Waals surface area contributed by atoms with Gasteiger partial charge >= 0.3 is 0 Å². The Kier molecular flexibility index (Phi) is 12.3. The van der Waals surface area contributed by atoms with Crippen LogP contribution in [0.15, 0.2) is 72.8 Å². The Morgan fingerprint density at radius 2 is 1.60 bits per heavy atom. The lowest BCUT2D eigenvalue weighted by atomic mass is 9.95. The maximum absolute atomic E-state index is 13.6.